The van der Waals surface area contributed by atoms with E-state index < -0.39 is 5.97 Å². The van der Waals surface area contributed by atoms with Crippen molar-refractivity contribution in [3.05, 3.63) is 28.8 Å². The van der Waals surface area contributed by atoms with Crippen LogP contribution in [0.5, 0.6) is 11.5 Å². The standard InChI is InChI=1S/C13H15ClO4S/c1-17-11-8-10(14)7-9(3-4-12(15)16)13(11)18-5-6-19-2/h3-4,7-8H,5-6H2,1-2H3,(H,15,16)/b4-3+. The molecule has 0 spiro atoms. The number of aliphatic carboxylic acids is 1. The fraction of sp³-hybridized carbons (Fsp3) is 0.308. The summed E-state index contributed by atoms with van der Waals surface area (Å²) in [6.45, 7) is 0.507. The fourth-order valence-electron chi connectivity index (χ4n) is 1.41. The van der Waals surface area contributed by atoms with Crippen molar-refractivity contribution in [2.24, 2.45) is 0 Å². The molecule has 0 unspecified atom stereocenters. The number of carboxylic acids is 1. The molecular formula is C13H15ClO4S. The van der Waals surface area contributed by atoms with E-state index in [-0.39, 0.29) is 0 Å². The third-order valence-electron chi connectivity index (χ3n) is 2.21. The molecule has 0 heterocycles. The van der Waals surface area contributed by atoms with Crippen LogP contribution in [0.4, 0.5) is 0 Å². The van der Waals surface area contributed by atoms with Crippen LogP contribution < -0.4 is 9.47 Å². The summed E-state index contributed by atoms with van der Waals surface area (Å²) in [5.74, 6) is 0.777. The maximum absolute atomic E-state index is 10.6. The molecule has 0 bridgehead atoms. The van der Waals surface area contributed by atoms with E-state index in [0.717, 1.165) is 11.8 Å². The van der Waals surface area contributed by atoms with Crippen LogP contribution >= 0.6 is 23.4 Å². The van der Waals surface area contributed by atoms with Crippen LogP contribution in [0.1, 0.15) is 5.56 Å². The van der Waals surface area contributed by atoms with Crippen molar-refractivity contribution in [3.8, 4) is 11.5 Å². The largest absolute Gasteiger partial charge is 0.493 e. The lowest BCUT2D eigenvalue weighted by Gasteiger charge is -2.13. The first-order valence-corrected chi connectivity index (χ1v) is 7.26. The number of methoxy groups -OCH3 is 1. The van der Waals surface area contributed by atoms with Crippen molar-refractivity contribution >= 4 is 35.4 Å². The molecular weight excluding hydrogens is 288 g/mol. The summed E-state index contributed by atoms with van der Waals surface area (Å²) < 4.78 is 10.8. The van der Waals surface area contributed by atoms with Crippen molar-refractivity contribution in [1.29, 1.82) is 0 Å². The second-order valence-corrected chi connectivity index (χ2v) is 4.96. The molecule has 0 atom stereocenters. The molecule has 1 N–H and O–H groups in total. The van der Waals surface area contributed by atoms with Gasteiger partial charge < -0.3 is 14.6 Å². The molecule has 1 aromatic rings. The predicted molar refractivity (Wildman–Crippen MR) is 78.6 cm³/mol. The minimum atomic E-state index is -1.03. The zero-order valence-corrected chi connectivity index (χ0v) is 12.3. The van der Waals surface area contributed by atoms with Crippen LogP contribution in [0.25, 0.3) is 6.08 Å². The van der Waals surface area contributed by atoms with Crippen LogP contribution in [-0.2, 0) is 4.79 Å². The highest BCUT2D eigenvalue weighted by Crippen LogP contribution is 2.35. The van der Waals surface area contributed by atoms with Gasteiger partial charge >= 0.3 is 5.97 Å². The normalized spacial score (nSPS) is 10.7. The number of ether oxygens (including phenoxy) is 2. The van der Waals surface area contributed by atoms with Gasteiger partial charge in [0.2, 0.25) is 0 Å². The second kappa shape index (κ2) is 7.96. The lowest BCUT2D eigenvalue weighted by atomic mass is 10.1. The van der Waals surface area contributed by atoms with Crippen LogP contribution in [0, 0.1) is 0 Å². The topological polar surface area (TPSA) is 55.8 Å². The van der Waals surface area contributed by atoms with Crippen LogP contribution in [0.15, 0.2) is 18.2 Å². The Morgan fingerprint density at radius 1 is 1.53 bits per heavy atom. The van der Waals surface area contributed by atoms with Gasteiger partial charge in [0.25, 0.3) is 0 Å². The molecule has 0 saturated heterocycles. The highest BCUT2D eigenvalue weighted by Gasteiger charge is 2.11. The number of benzene rings is 1. The Labute approximate surface area is 121 Å². The Morgan fingerprint density at radius 2 is 2.26 bits per heavy atom. The molecule has 0 aliphatic rings. The first-order valence-electron chi connectivity index (χ1n) is 5.48. The fourth-order valence-corrected chi connectivity index (χ4v) is 1.87. The molecule has 6 heteroatoms. The zero-order valence-electron chi connectivity index (χ0n) is 10.7. The van der Waals surface area contributed by atoms with E-state index >= 15 is 0 Å². The van der Waals surface area contributed by atoms with Gasteiger partial charge in [-0.25, -0.2) is 4.79 Å². The van der Waals surface area contributed by atoms with E-state index in [2.05, 4.69) is 0 Å². The maximum atomic E-state index is 10.6. The van der Waals surface area contributed by atoms with Gasteiger partial charge in [-0.3, -0.25) is 0 Å². The second-order valence-electron chi connectivity index (χ2n) is 3.54. The molecule has 0 aliphatic carbocycles. The van der Waals surface area contributed by atoms with Crippen molar-refractivity contribution in [2.75, 3.05) is 25.7 Å². The van der Waals surface area contributed by atoms with Gasteiger partial charge in [0.05, 0.1) is 13.7 Å². The third-order valence-corrected chi connectivity index (χ3v) is 3.00. The summed E-state index contributed by atoms with van der Waals surface area (Å²) >= 11 is 7.61. The molecule has 0 saturated carbocycles. The molecule has 0 aliphatic heterocycles. The molecule has 0 aromatic heterocycles. The number of carbonyl (C=O) groups is 1. The van der Waals surface area contributed by atoms with Gasteiger partial charge in [-0.15, -0.1) is 0 Å². The monoisotopic (exact) mass is 302 g/mol. The van der Waals surface area contributed by atoms with Crippen molar-refractivity contribution in [1.82, 2.24) is 0 Å². The van der Waals surface area contributed by atoms with Gasteiger partial charge in [-0.2, -0.15) is 11.8 Å². The summed E-state index contributed by atoms with van der Waals surface area (Å²) in [7, 11) is 1.51. The molecule has 104 valence electrons. The molecule has 1 rings (SSSR count). The Hall–Kier alpha value is -1.33. The average Bonchev–Trinajstić information content (AvgIpc) is 2.37. The summed E-state index contributed by atoms with van der Waals surface area (Å²) in [5.41, 5.74) is 0.577. The molecule has 0 amide bonds. The number of rotatable bonds is 7. The number of thioether (sulfide) groups is 1. The van der Waals surface area contributed by atoms with E-state index in [0.29, 0.717) is 28.7 Å². The maximum Gasteiger partial charge on any atom is 0.328 e. The Bertz CT molecular complexity index is 474. The molecule has 0 fully saturated rings. The van der Waals surface area contributed by atoms with Gasteiger partial charge in [0.1, 0.15) is 0 Å². The van der Waals surface area contributed by atoms with E-state index in [4.69, 9.17) is 26.2 Å². The SMILES string of the molecule is COc1cc(Cl)cc(/C=C/C(=O)O)c1OCCSC. The summed E-state index contributed by atoms with van der Waals surface area (Å²) in [5, 5.41) is 9.14. The lowest BCUT2D eigenvalue weighted by molar-refractivity contribution is -0.131. The van der Waals surface area contributed by atoms with Gasteiger partial charge in [-0.05, 0) is 18.4 Å². The summed E-state index contributed by atoms with van der Waals surface area (Å²) in [4.78, 5) is 10.6. The van der Waals surface area contributed by atoms with Gasteiger partial charge in [-0.1, -0.05) is 11.6 Å². The highest BCUT2D eigenvalue weighted by atomic mass is 35.5. The number of hydrogen-bond acceptors (Lipinski definition) is 4. The number of hydrogen-bond donors (Lipinski definition) is 1. The summed E-state index contributed by atoms with van der Waals surface area (Å²) in [6, 6.07) is 3.27. The first kappa shape index (κ1) is 15.7. The Balaban J connectivity index is 3.09. The Kier molecular flexibility index (Phi) is 6.59. The molecule has 19 heavy (non-hydrogen) atoms. The number of halogens is 1. The summed E-state index contributed by atoms with van der Waals surface area (Å²) in [6.07, 6.45) is 4.45. The van der Waals surface area contributed by atoms with Crippen LogP contribution in [0.2, 0.25) is 5.02 Å². The van der Waals surface area contributed by atoms with Crippen molar-refractivity contribution < 1.29 is 19.4 Å². The average molecular weight is 303 g/mol. The van der Waals surface area contributed by atoms with E-state index in [1.54, 1.807) is 23.9 Å². The van der Waals surface area contributed by atoms with Crippen LogP contribution in [0.3, 0.4) is 0 Å². The van der Waals surface area contributed by atoms with E-state index in [1.165, 1.54) is 13.2 Å². The molecule has 1 aromatic carbocycles. The zero-order chi connectivity index (χ0) is 14.3. The Morgan fingerprint density at radius 3 is 2.84 bits per heavy atom. The third kappa shape index (κ3) is 5.04. The van der Waals surface area contributed by atoms with Gasteiger partial charge in [0.15, 0.2) is 11.5 Å². The van der Waals surface area contributed by atoms with Crippen LogP contribution in [-0.4, -0.2) is 36.8 Å². The quantitative estimate of drug-likeness (QED) is 0.619. The smallest absolute Gasteiger partial charge is 0.328 e. The van der Waals surface area contributed by atoms with E-state index in [1.807, 2.05) is 6.26 Å². The predicted octanol–water partition coefficient (Wildman–Crippen LogP) is 3.19. The van der Waals surface area contributed by atoms with Gasteiger partial charge in [0, 0.05) is 28.5 Å². The number of carboxylic acid groups (broad SMARTS) is 1. The lowest BCUT2D eigenvalue weighted by Crippen LogP contribution is -2.03. The van der Waals surface area contributed by atoms with E-state index in [9.17, 15) is 4.79 Å². The minimum Gasteiger partial charge on any atom is -0.493 e. The van der Waals surface area contributed by atoms with Crippen molar-refractivity contribution in [2.45, 2.75) is 0 Å². The highest BCUT2D eigenvalue weighted by molar-refractivity contribution is 7.98. The minimum absolute atomic E-state index is 0.458. The first-order chi connectivity index (χ1) is 9.08. The van der Waals surface area contributed by atoms with Crippen molar-refractivity contribution in [3.63, 3.8) is 0 Å². The molecule has 0 radical (unpaired) electrons. The molecule has 4 nitrogen and oxygen atoms in total.